The minimum Gasteiger partial charge on any atom is -0.494 e. The molecule has 3 rings (SSSR count). The monoisotopic (exact) mass is 546 g/mol. The predicted molar refractivity (Wildman–Crippen MR) is 141 cm³/mol. The first-order valence-corrected chi connectivity index (χ1v) is 14.1. The molecule has 0 saturated heterocycles. The van der Waals surface area contributed by atoms with Crippen molar-refractivity contribution < 1.29 is 27.5 Å². The first-order chi connectivity index (χ1) is 17.7. The summed E-state index contributed by atoms with van der Waals surface area (Å²) in [6, 6.07) is 15.0. The lowest BCUT2D eigenvalue weighted by molar-refractivity contribution is 0.0740. The second-order valence-corrected chi connectivity index (χ2v) is 10.2. The molecule has 2 aromatic carbocycles. The minimum absolute atomic E-state index is 0.0947. The Morgan fingerprint density at radius 2 is 1.70 bits per heavy atom. The van der Waals surface area contributed by atoms with Crippen molar-refractivity contribution in [2.75, 3.05) is 19.8 Å². The number of carbonyl (C=O) groups excluding carboxylic acids is 2. The highest BCUT2D eigenvalue weighted by molar-refractivity contribution is 7.87. The van der Waals surface area contributed by atoms with Gasteiger partial charge in [0.1, 0.15) is 22.2 Å². The number of benzene rings is 2. The fourth-order valence-corrected chi connectivity index (χ4v) is 4.73. The molecule has 3 N–H and O–H groups in total. The van der Waals surface area contributed by atoms with Crippen molar-refractivity contribution in [1.82, 2.24) is 14.6 Å². The number of nitrogens with two attached hydrogens (primary N) is 1. The first kappa shape index (κ1) is 28.1. The van der Waals surface area contributed by atoms with Gasteiger partial charge in [-0.25, -0.2) is 14.8 Å². The minimum atomic E-state index is -4.21. The summed E-state index contributed by atoms with van der Waals surface area (Å²) in [5.41, 5.74) is 1.46. The van der Waals surface area contributed by atoms with Crippen LogP contribution in [0.3, 0.4) is 0 Å². The quantitative estimate of drug-likeness (QED) is 0.335. The van der Waals surface area contributed by atoms with Crippen LogP contribution in [0.1, 0.15) is 51.7 Å². The molecule has 3 aromatic rings. The SMILES string of the molecule is CCOc1cc(OCC)cc(C(=O)N(CCCc2ccccc2)Cc2nc(C(=O)NS(N)(=O)=O)cs2)c1. The maximum atomic E-state index is 13.6. The second kappa shape index (κ2) is 13.2. The Bertz CT molecular complexity index is 1290. The van der Waals surface area contributed by atoms with E-state index in [1.165, 1.54) is 5.38 Å². The number of thiazole rings is 1. The van der Waals surface area contributed by atoms with E-state index < -0.39 is 16.1 Å². The van der Waals surface area contributed by atoms with Gasteiger partial charge in [0.25, 0.3) is 22.0 Å². The van der Waals surface area contributed by atoms with Gasteiger partial charge < -0.3 is 14.4 Å². The summed E-state index contributed by atoms with van der Waals surface area (Å²) in [7, 11) is -4.21. The first-order valence-electron chi connectivity index (χ1n) is 11.7. The van der Waals surface area contributed by atoms with Crippen molar-refractivity contribution in [3.8, 4) is 11.5 Å². The fourth-order valence-electron chi connectivity index (χ4n) is 3.58. The lowest BCUT2D eigenvalue weighted by Crippen LogP contribution is -2.36. The zero-order valence-electron chi connectivity index (χ0n) is 20.7. The van der Waals surface area contributed by atoms with Gasteiger partial charge in [0.15, 0.2) is 0 Å². The normalized spacial score (nSPS) is 11.1. The molecule has 0 fully saturated rings. The van der Waals surface area contributed by atoms with E-state index in [9.17, 15) is 18.0 Å². The smallest absolute Gasteiger partial charge is 0.299 e. The molecule has 0 spiro atoms. The van der Waals surface area contributed by atoms with Crippen molar-refractivity contribution in [2.24, 2.45) is 5.14 Å². The molecule has 1 heterocycles. The Balaban J connectivity index is 1.83. The number of hydrogen-bond donors (Lipinski definition) is 2. The summed E-state index contributed by atoms with van der Waals surface area (Å²) >= 11 is 1.15. The van der Waals surface area contributed by atoms with Crippen LogP contribution < -0.4 is 19.3 Å². The summed E-state index contributed by atoms with van der Waals surface area (Å²) in [5.74, 6) is -0.131. The molecule has 0 aliphatic heterocycles. The molecule has 0 aliphatic rings. The van der Waals surface area contributed by atoms with E-state index in [2.05, 4.69) is 4.98 Å². The van der Waals surface area contributed by atoms with Gasteiger partial charge in [-0.05, 0) is 44.4 Å². The maximum absolute atomic E-state index is 13.6. The Morgan fingerprint density at radius 1 is 1.05 bits per heavy atom. The number of hydrogen-bond acceptors (Lipinski definition) is 8. The summed E-state index contributed by atoms with van der Waals surface area (Å²) in [4.78, 5) is 31.6. The van der Waals surface area contributed by atoms with Gasteiger partial charge >= 0.3 is 0 Å². The molecule has 2 amide bonds. The number of rotatable bonds is 13. The van der Waals surface area contributed by atoms with Crippen molar-refractivity contribution in [2.45, 2.75) is 33.2 Å². The Hall–Kier alpha value is -3.48. The standard InChI is InChI=1S/C25H30N4O6S2/c1-3-34-20-13-19(14-21(15-20)35-4-2)25(31)29(12-8-11-18-9-6-5-7-10-18)16-23-27-22(17-36-23)24(30)28-37(26,32)33/h5-7,9-10,13-15,17H,3-4,8,11-12,16H2,1-2H3,(H,28,30)(H2,26,32,33). The number of carbonyl (C=O) groups is 2. The largest absolute Gasteiger partial charge is 0.494 e. The number of ether oxygens (including phenoxy) is 2. The van der Waals surface area contributed by atoms with Crippen LogP contribution in [0.25, 0.3) is 0 Å². The zero-order valence-corrected chi connectivity index (χ0v) is 22.3. The van der Waals surface area contributed by atoms with E-state index in [0.717, 1.165) is 23.3 Å². The van der Waals surface area contributed by atoms with E-state index in [1.54, 1.807) is 27.8 Å². The average Bonchev–Trinajstić information content (AvgIpc) is 3.32. The molecule has 0 radical (unpaired) electrons. The highest BCUT2D eigenvalue weighted by Gasteiger charge is 2.21. The summed E-state index contributed by atoms with van der Waals surface area (Å²) < 4.78 is 35.3. The van der Waals surface area contributed by atoms with Crippen LogP contribution >= 0.6 is 11.3 Å². The van der Waals surface area contributed by atoms with Crippen molar-refractivity contribution >= 4 is 33.4 Å². The molecule has 0 unspecified atom stereocenters. The maximum Gasteiger partial charge on any atom is 0.299 e. The third-order valence-electron chi connectivity index (χ3n) is 5.12. The molecule has 1 aromatic heterocycles. The Kier molecular flexibility index (Phi) is 10.0. The lowest BCUT2D eigenvalue weighted by atomic mass is 10.1. The molecule has 37 heavy (non-hydrogen) atoms. The van der Waals surface area contributed by atoms with Gasteiger partial charge in [0.05, 0.1) is 19.8 Å². The number of aromatic nitrogens is 1. The Morgan fingerprint density at radius 3 is 2.30 bits per heavy atom. The van der Waals surface area contributed by atoms with Crippen molar-refractivity contribution in [3.05, 3.63) is 75.7 Å². The predicted octanol–water partition coefficient (Wildman–Crippen LogP) is 3.15. The van der Waals surface area contributed by atoms with Crippen LogP contribution in [-0.4, -0.2) is 49.9 Å². The molecule has 0 aliphatic carbocycles. The fraction of sp³-hybridized carbons (Fsp3) is 0.320. The molecule has 10 nitrogen and oxygen atoms in total. The third kappa shape index (κ3) is 8.85. The van der Waals surface area contributed by atoms with Crippen LogP contribution in [0, 0.1) is 0 Å². The average molecular weight is 547 g/mol. The molecular weight excluding hydrogens is 516 g/mol. The highest BCUT2D eigenvalue weighted by Crippen LogP contribution is 2.25. The van der Waals surface area contributed by atoms with Crippen molar-refractivity contribution in [1.29, 1.82) is 0 Å². The molecular formula is C25H30N4O6S2. The van der Waals surface area contributed by atoms with Crippen LogP contribution in [0.2, 0.25) is 0 Å². The van der Waals surface area contributed by atoms with E-state index >= 15 is 0 Å². The van der Waals surface area contributed by atoms with Crippen LogP contribution in [0.5, 0.6) is 11.5 Å². The van der Waals surface area contributed by atoms with E-state index in [0.29, 0.717) is 48.2 Å². The summed E-state index contributed by atoms with van der Waals surface area (Å²) in [5, 5.41) is 6.77. The zero-order chi connectivity index (χ0) is 26.8. The van der Waals surface area contributed by atoms with Crippen LogP contribution in [0.4, 0.5) is 0 Å². The second-order valence-electron chi connectivity index (χ2n) is 7.98. The van der Waals surface area contributed by atoms with Crippen molar-refractivity contribution in [3.63, 3.8) is 0 Å². The Labute approximate surface area is 220 Å². The summed E-state index contributed by atoms with van der Waals surface area (Å²) in [6.45, 7) is 5.14. The molecule has 0 bridgehead atoms. The number of amides is 2. The molecule has 198 valence electrons. The van der Waals surface area contributed by atoms with E-state index in [-0.39, 0.29) is 18.1 Å². The van der Waals surface area contributed by atoms with Gasteiger partial charge in [0.2, 0.25) is 0 Å². The number of aryl methyl sites for hydroxylation is 1. The molecule has 12 heteroatoms. The van der Waals surface area contributed by atoms with Gasteiger partial charge in [-0.15, -0.1) is 11.3 Å². The molecule has 0 saturated carbocycles. The van der Waals surface area contributed by atoms with Gasteiger partial charge in [0, 0.05) is 23.6 Å². The van der Waals surface area contributed by atoms with Crippen LogP contribution in [-0.2, 0) is 23.2 Å². The molecule has 0 atom stereocenters. The topological polar surface area (TPSA) is 141 Å². The van der Waals surface area contributed by atoms with Gasteiger partial charge in [-0.3, -0.25) is 9.59 Å². The number of nitrogens with zero attached hydrogens (tertiary/aromatic N) is 2. The van der Waals surface area contributed by atoms with E-state index in [1.807, 2.05) is 44.2 Å². The highest BCUT2D eigenvalue weighted by atomic mass is 32.2. The lowest BCUT2D eigenvalue weighted by Gasteiger charge is -2.22. The van der Waals surface area contributed by atoms with E-state index in [4.69, 9.17) is 14.6 Å². The van der Waals surface area contributed by atoms with Gasteiger partial charge in [-0.2, -0.15) is 8.42 Å². The third-order valence-corrected chi connectivity index (χ3v) is 6.42. The summed E-state index contributed by atoms with van der Waals surface area (Å²) in [6.07, 6.45) is 1.47. The van der Waals surface area contributed by atoms with Crippen LogP contribution in [0.15, 0.2) is 53.9 Å². The van der Waals surface area contributed by atoms with Gasteiger partial charge in [-0.1, -0.05) is 30.3 Å². The number of nitrogens with one attached hydrogen (secondary N) is 1.